The maximum absolute atomic E-state index is 11.8. The standard InChI is InChI=1S/C12H12N4O5/c1-7-4-11(17)15(6-9(7)16(19)20)5-8-2-3-10(21-8)12(18)14-13/h2-4,6H,5,13H2,1H3,(H,14,18). The number of nitrogens with zero attached hydrogens (tertiary/aromatic N) is 2. The SMILES string of the molecule is Cc1cc(=O)n(Cc2ccc(C(=O)NN)o2)cc1[N+](=O)[O-]. The molecule has 3 N–H and O–H groups in total. The highest BCUT2D eigenvalue weighted by atomic mass is 16.6. The third-order valence-electron chi connectivity index (χ3n) is 2.84. The molecule has 0 aliphatic rings. The molecule has 0 fully saturated rings. The normalized spacial score (nSPS) is 10.4. The zero-order valence-electron chi connectivity index (χ0n) is 11.0. The summed E-state index contributed by atoms with van der Waals surface area (Å²) in [6.45, 7) is 1.46. The van der Waals surface area contributed by atoms with Gasteiger partial charge in [0.2, 0.25) is 0 Å². The predicted octanol–water partition coefficient (Wildman–Crippen LogP) is 0.310. The maximum atomic E-state index is 11.8. The van der Waals surface area contributed by atoms with Gasteiger partial charge >= 0.3 is 5.91 Å². The van der Waals surface area contributed by atoms with Crippen LogP contribution in [0, 0.1) is 17.0 Å². The van der Waals surface area contributed by atoms with Crippen LogP contribution in [0.1, 0.15) is 21.9 Å². The molecule has 0 unspecified atom stereocenters. The van der Waals surface area contributed by atoms with Gasteiger partial charge in [-0.05, 0) is 19.1 Å². The molecule has 0 aliphatic heterocycles. The lowest BCUT2D eigenvalue weighted by molar-refractivity contribution is -0.385. The van der Waals surface area contributed by atoms with E-state index in [1.807, 2.05) is 5.43 Å². The van der Waals surface area contributed by atoms with Crippen LogP contribution in [0.15, 0.2) is 33.6 Å². The van der Waals surface area contributed by atoms with Gasteiger partial charge in [-0.3, -0.25) is 25.1 Å². The first-order valence-electron chi connectivity index (χ1n) is 5.87. The smallest absolute Gasteiger partial charge is 0.300 e. The third kappa shape index (κ3) is 2.98. The van der Waals surface area contributed by atoms with Crippen molar-refractivity contribution in [3.63, 3.8) is 0 Å². The summed E-state index contributed by atoms with van der Waals surface area (Å²) in [4.78, 5) is 33.4. The Balaban J connectivity index is 2.33. The number of pyridine rings is 1. The molecule has 1 amide bonds. The van der Waals surface area contributed by atoms with E-state index in [-0.39, 0.29) is 23.6 Å². The van der Waals surface area contributed by atoms with Crippen molar-refractivity contribution in [3.05, 3.63) is 61.9 Å². The number of furan rings is 1. The minimum absolute atomic E-state index is 0.0119. The summed E-state index contributed by atoms with van der Waals surface area (Å²) in [5.41, 5.74) is 1.62. The molecular formula is C12H12N4O5. The van der Waals surface area contributed by atoms with Crippen LogP contribution in [0.4, 0.5) is 5.69 Å². The predicted molar refractivity (Wildman–Crippen MR) is 71.6 cm³/mol. The number of nitrogens with two attached hydrogens (primary N) is 1. The zero-order chi connectivity index (χ0) is 15.6. The monoisotopic (exact) mass is 292 g/mol. The summed E-state index contributed by atoms with van der Waals surface area (Å²) in [6, 6.07) is 4.06. The minimum atomic E-state index is -0.608. The second-order valence-electron chi connectivity index (χ2n) is 4.30. The summed E-state index contributed by atoms with van der Waals surface area (Å²) in [7, 11) is 0. The minimum Gasteiger partial charge on any atom is -0.454 e. The Hall–Kier alpha value is -2.94. The Morgan fingerprint density at radius 1 is 1.52 bits per heavy atom. The molecule has 0 saturated carbocycles. The molecule has 2 heterocycles. The number of hydrazine groups is 1. The Kier molecular flexibility index (Phi) is 3.85. The molecule has 0 atom stereocenters. The van der Waals surface area contributed by atoms with E-state index in [0.717, 1.165) is 10.8 Å². The van der Waals surface area contributed by atoms with Crippen molar-refractivity contribution < 1.29 is 14.1 Å². The molecule has 0 radical (unpaired) electrons. The van der Waals surface area contributed by atoms with Gasteiger partial charge in [0, 0.05) is 11.6 Å². The van der Waals surface area contributed by atoms with Crippen molar-refractivity contribution in [3.8, 4) is 0 Å². The van der Waals surface area contributed by atoms with Gasteiger partial charge in [0.25, 0.3) is 11.2 Å². The molecule has 2 aromatic heterocycles. The Labute approximate surface area is 118 Å². The van der Waals surface area contributed by atoms with Crippen LogP contribution in [0.5, 0.6) is 0 Å². The summed E-state index contributed by atoms with van der Waals surface area (Å²) in [6.07, 6.45) is 1.14. The number of nitrogens with one attached hydrogen (secondary N) is 1. The van der Waals surface area contributed by atoms with Crippen molar-refractivity contribution in [1.82, 2.24) is 9.99 Å². The number of carbonyl (C=O) groups is 1. The highest BCUT2D eigenvalue weighted by Crippen LogP contribution is 2.15. The summed E-state index contributed by atoms with van der Waals surface area (Å²) < 4.78 is 6.34. The summed E-state index contributed by atoms with van der Waals surface area (Å²) in [5.74, 6) is 4.65. The van der Waals surface area contributed by atoms with Gasteiger partial charge in [-0.15, -0.1) is 0 Å². The highest BCUT2D eigenvalue weighted by Gasteiger charge is 2.15. The van der Waals surface area contributed by atoms with Gasteiger partial charge in [0.1, 0.15) is 5.76 Å². The van der Waals surface area contributed by atoms with E-state index in [0.29, 0.717) is 5.76 Å². The zero-order valence-corrected chi connectivity index (χ0v) is 11.0. The number of amides is 1. The Bertz CT molecular complexity index is 761. The lowest BCUT2D eigenvalue weighted by atomic mass is 10.2. The van der Waals surface area contributed by atoms with Crippen LogP contribution < -0.4 is 16.8 Å². The maximum Gasteiger partial charge on any atom is 0.300 e. The van der Waals surface area contributed by atoms with E-state index in [2.05, 4.69) is 0 Å². The highest BCUT2D eigenvalue weighted by molar-refractivity contribution is 5.90. The van der Waals surface area contributed by atoms with Crippen LogP contribution in [0.25, 0.3) is 0 Å². The number of hydrogen-bond acceptors (Lipinski definition) is 6. The average Bonchev–Trinajstić information content (AvgIpc) is 2.89. The number of aryl methyl sites for hydroxylation is 1. The van der Waals surface area contributed by atoms with Crippen molar-refractivity contribution in [1.29, 1.82) is 0 Å². The van der Waals surface area contributed by atoms with Crippen LogP contribution in [-0.2, 0) is 6.54 Å². The molecule has 110 valence electrons. The van der Waals surface area contributed by atoms with E-state index < -0.39 is 16.4 Å². The van der Waals surface area contributed by atoms with Gasteiger partial charge in [-0.1, -0.05) is 0 Å². The van der Waals surface area contributed by atoms with Crippen molar-refractivity contribution >= 4 is 11.6 Å². The van der Waals surface area contributed by atoms with Crippen LogP contribution in [0.3, 0.4) is 0 Å². The number of nitrogen functional groups attached to an aromatic ring is 1. The fraction of sp³-hybridized carbons (Fsp3) is 0.167. The molecule has 2 aromatic rings. The fourth-order valence-corrected chi connectivity index (χ4v) is 1.79. The Morgan fingerprint density at radius 2 is 2.24 bits per heavy atom. The quantitative estimate of drug-likeness (QED) is 0.360. The molecule has 9 heteroatoms. The molecular weight excluding hydrogens is 280 g/mol. The number of hydrogen-bond donors (Lipinski definition) is 2. The Morgan fingerprint density at radius 3 is 2.86 bits per heavy atom. The molecule has 0 bridgehead atoms. The molecule has 21 heavy (non-hydrogen) atoms. The summed E-state index contributed by atoms with van der Waals surface area (Å²) >= 11 is 0. The lowest BCUT2D eigenvalue weighted by Gasteiger charge is -2.04. The molecule has 0 aliphatic carbocycles. The van der Waals surface area contributed by atoms with E-state index in [1.165, 1.54) is 25.1 Å². The number of rotatable bonds is 4. The largest absolute Gasteiger partial charge is 0.454 e. The first-order valence-corrected chi connectivity index (χ1v) is 5.87. The van der Waals surface area contributed by atoms with Crippen molar-refractivity contribution in [2.24, 2.45) is 5.84 Å². The van der Waals surface area contributed by atoms with E-state index in [1.54, 1.807) is 0 Å². The van der Waals surface area contributed by atoms with E-state index >= 15 is 0 Å². The molecule has 0 saturated heterocycles. The lowest BCUT2D eigenvalue weighted by Crippen LogP contribution is -2.29. The van der Waals surface area contributed by atoms with E-state index in [9.17, 15) is 19.7 Å². The fourth-order valence-electron chi connectivity index (χ4n) is 1.79. The average molecular weight is 292 g/mol. The van der Waals surface area contributed by atoms with Gasteiger partial charge in [-0.2, -0.15) is 0 Å². The number of carbonyl (C=O) groups excluding carboxylic acids is 1. The summed E-state index contributed by atoms with van der Waals surface area (Å²) in [5, 5.41) is 10.9. The van der Waals surface area contributed by atoms with Crippen molar-refractivity contribution in [2.75, 3.05) is 0 Å². The first kappa shape index (κ1) is 14.5. The number of aromatic nitrogens is 1. The van der Waals surface area contributed by atoms with Crippen LogP contribution >= 0.6 is 0 Å². The molecule has 0 spiro atoms. The second kappa shape index (κ2) is 5.59. The van der Waals surface area contributed by atoms with E-state index in [4.69, 9.17) is 10.3 Å². The second-order valence-corrected chi connectivity index (χ2v) is 4.30. The van der Waals surface area contributed by atoms with Gasteiger partial charge in [-0.25, -0.2) is 5.84 Å². The van der Waals surface area contributed by atoms with Crippen LogP contribution in [-0.4, -0.2) is 15.4 Å². The topological polar surface area (TPSA) is 133 Å². The van der Waals surface area contributed by atoms with Crippen molar-refractivity contribution in [2.45, 2.75) is 13.5 Å². The molecule has 0 aromatic carbocycles. The van der Waals surface area contributed by atoms with Crippen LogP contribution in [0.2, 0.25) is 0 Å². The molecule has 9 nitrogen and oxygen atoms in total. The van der Waals surface area contributed by atoms with Gasteiger partial charge < -0.3 is 8.98 Å². The molecule has 2 rings (SSSR count). The van der Waals surface area contributed by atoms with Gasteiger partial charge in [0.05, 0.1) is 17.7 Å². The third-order valence-corrected chi connectivity index (χ3v) is 2.84. The first-order chi connectivity index (χ1) is 9.92. The van der Waals surface area contributed by atoms with Gasteiger partial charge in [0.15, 0.2) is 5.76 Å². The number of nitro groups is 1.